The highest BCUT2D eigenvalue weighted by Gasteiger charge is 2.22. The van der Waals surface area contributed by atoms with Gasteiger partial charge in [-0.3, -0.25) is 9.20 Å². The molecule has 0 fully saturated rings. The Labute approximate surface area is 183 Å². The summed E-state index contributed by atoms with van der Waals surface area (Å²) in [5.74, 6) is -0.791. The van der Waals surface area contributed by atoms with Crippen molar-refractivity contribution in [2.75, 3.05) is 12.3 Å². The monoisotopic (exact) mass is 431 g/mol. The molecule has 32 heavy (non-hydrogen) atoms. The lowest BCUT2D eigenvalue weighted by Crippen LogP contribution is -2.31. The van der Waals surface area contributed by atoms with E-state index < -0.39 is 11.7 Å². The van der Waals surface area contributed by atoms with E-state index in [0.29, 0.717) is 28.8 Å². The molecule has 0 saturated carbocycles. The highest BCUT2D eigenvalue weighted by atomic mass is 19.1. The number of carbonyl (C=O) groups excluding carboxylic acids is 1. The van der Waals surface area contributed by atoms with Crippen LogP contribution in [0.2, 0.25) is 0 Å². The Kier molecular flexibility index (Phi) is 4.54. The number of anilines is 1. The molecule has 1 amide bonds. The van der Waals surface area contributed by atoms with Crippen molar-refractivity contribution in [3.05, 3.63) is 71.3 Å². The van der Waals surface area contributed by atoms with Crippen molar-refractivity contribution in [1.29, 1.82) is 0 Å². The van der Waals surface area contributed by atoms with Crippen molar-refractivity contribution in [2.45, 2.75) is 27.3 Å². The van der Waals surface area contributed by atoms with Gasteiger partial charge in [0, 0.05) is 24.5 Å². The van der Waals surface area contributed by atoms with Crippen LogP contribution in [-0.2, 0) is 6.54 Å². The minimum atomic E-state index is -0.644. The third-order valence-electron chi connectivity index (χ3n) is 5.76. The van der Waals surface area contributed by atoms with E-state index in [9.17, 15) is 9.18 Å². The van der Waals surface area contributed by atoms with Gasteiger partial charge in [-0.05, 0) is 39.0 Å². The average Bonchev–Trinajstić information content (AvgIpc) is 3.36. The maximum Gasteiger partial charge on any atom is 0.257 e. The van der Waals surface area contributed by atoms with Crippen LogP contribution in [0.5, 0.6) is 0 Å². The van der Waals surface area contributed by atoms with E-state index in [1.807, 2.05) is 49.6 Å². The number of hydrogen-bond acceptors (Lipinski definition) is 5. The second-order valence-corrected chi connectivity index (χ2v) is 7.81. The standard InChI is InChI=1S/C23H22FN7O/c1-4-29(10-15-11-30-13(2)6-5-7-20(30)27-15)23(32)16-8-19-18(9-17(16)24)28-22(25)21-14(3)26-12-31(19)21/h5-9,11-12H,4,10H2,1-3H3,(H2,25,28). The number of benzene rings is 1. The van der Waals surface area contributed by atoms with Gasteiger partial charge in [-0.25, -0.2) is 19.3 Å². The summed E-state index contributed by atoms with van der Waals surface area (Å²) in [6.45, 7) is 6.35. The van der Waals surface area contributed by atoms with Gasteiger partial charge in [0.25, 0.3) is 5.91 Å². The molecule has 4 aromatic heterocycles. The summed E-state index contributed by atoms with van der Waals surface area (Å²) < 4.78 is 18.7. The van der Waals surface area contributed by atoms with Gasteiger partial charge in [0.15, 0.2) is 0 Å². The third kappa shape index (κ3) is 3.05. The number of aromatic nitrogens is 5. The molecular formula is C23H22FN7O. The van der Waals surface area contributed by atoms with Crippen LogP contribution in [0.1, 0.15) is 34.4 Å². The lowest BCUT2D eigenvalue weighted by Gasteiger charge is -2.20. The smallest absolute Gasteiger partial charge is 0.257 e. The van der Waals surface area contributed by atoms with Gasteiger partial charge in [-0.2, -0.15) is 0 Å². The first-order valence-electron chi connectivity index (χ1n) is 10.3. The Hall–Kier alpha value is -4.01. The number of nitrogen functional groups attached to an aromatic ring is 1. The summed E-state index contributed by atoms with van der Waals surface area (Å²) in [7, 11) is 0. The Balaban J connectivity index is 1.55. The van der Waals surface area contributed by atoms with Crippen LogP contribution in [0.4, 0.5) is 10.2 Å². The van der Waals surface area contributed by atoms with Gasteiger partial charge >= 0.3 is 0 Å². The molecule has 0 saturated heterocycles. The minimum Gasteiger partial charge on any atom is -0.382 e. The highest BCUT2D eigenvalue weighted by Crippen LogP contribution is 2.25. The van der Waals surface area contributed by atoms with E-state index in [1.54, 1.807) is 15.6 Å². The number of aryl methyl sites for hydroxylation is 2. The number of rotatable bonds is 4. The molecule has 0 bridgehead atoms. The fourth-order valence-electron chi connectivity index (χ4n) is 4.08. The molecule has 0 radical (unpaired) electrons. The van der Waals surface area contributed by atoms with E-state index in [-0.39, 0.29) is 17.9 Å². The van der Waals surface area contributed by atoms with Gasteiger partial charge in [-0.1, -0.05) is 6.07 Å². The second-order valence-electron chi connectivity index (χ2n) is 7.81. The van der Waals surface area contributed by atoms with E-state index in [4.69, 9.17) is 5.73 Å². The van der Waals surface area contributed by atoms with Crippen molar-refractivity contribution in [1.82, 2.24) is 28.7 Å². The van der Waals surface area contributed by atoms with E-state index in [0.717, 1.165) is 17.0 Å². The predicted molar refractivity (Wildman–Crippen MR) is 120 cm³/mol. The molecule has 0 unspecified atom stereocenters. The molecule has 5 rings (SSSR count). The fourth-order valence-corrected chi connectivity index (χ4v) is 4.08. The topological polar surface area (TPSA) is 93.8 Å². The fraction of sp³-hybridized carbons (Fsp3) is 0.217. The highest BCUT2D eigenvalue weighted by molar-refractivity contribution is 5.98. The number of hydrogen-bond donors (Lipinski definition) is 1. The molecule has 0 aliphatic rings. The number of carbonyl (C=O) groups is 1. The van der Waals surface area contributed by atoms with Gasteiger partial charge in [-0.15, -0.1) is 0 Å². The van der Waals surface area contributed by atoms with Gasteiger partial charge in [0.05, 0.1) is 34.5 Å². The number of nitrogens with two attached hydrogens (primary N) is 1. The third-order valence-corrected chi connectivity index (χ3v) is 5.76. The van der Waals surface area contributed by atoms with Crippen LogP contribution < -0.4 is 5.73 Å². The largest absolute Gasteiger partial charge is 0.382 e. The number of imidazole rings is 2. The lowest BCUT2D eigenvalue weighted by atomic mass is 10.1. The zero-order valence-electron chi connectivity index (χ0n) is 18.0. The zero-order valence-corrected chi connectivity index (χ0v) is 18.0. The van der Waals surface area contributed by atoms with Crippen molar-refractivity contribution in [2.24, 2.45) is 0 Å². The molecule has 0 aliphatic carbocycles. The van der Waals surface area contributed by atoms with Crippen LogP contribution in [0.15, 0.2) is 42.9 Å². The number of nitrogens with zero attached hydrogens (tertiary/aromatic N) is 6. The summed E-state index contributed by atoms with van der Waals surface area (Å²) in [5, 5.41) is 0. The molecule has 0 spiro atoms. The maximum absolute atomic E-state index is 15.0. The first-order chi connectivity index (χ1) is 15.4. The predicted octanol–water partition coefficient (Wildman–Crippen LogP) is 3.53. The van der Waals surface area contributed by atoms with Crippen molar-refractivity contribution < 1.29 is 9.18 Å². The van der Waals surface area contributed by atoms with Crippen LogP contribution in [0.3, 0.4) is 0 Å². The van der Waals surface area contributed by atoms with Crippen LogP contribution in [-0.4, -0.2) is 41.1 Å². The molecule has 5 aromatic rings. The molecule has 162 valence electrons. The summed E-state index contributed by atoms with van der Waals surface area (Å²) in [5.41, 5.74) is 10.9. The molecule has 4 heterocycles. The van der Waals surface area contributed by atoms with Crippen LogP contribution >= 0.6 is 0 Å². The number of halogens is 1. The number of fused-ring (bicyclic) bond motifs is 4. The Morgan fingerprint density at radius 2 is 2.00 bits per heavy atom. The SMILES string of the molecule is CCN(Cc1cn2c(C)cccc2n1)C(=O)c1cc2c(cc1F)nc(N)c1c(C)ncn12. The second kappa shape index (κ2) is 7.30. The van der Waals surface area contributed by atoms with E-state index in [2.05, 4.69) is 15.0 Å². The number of amides is 1. The van der Waals surface area contributed by atoms with Crippen LogP contribution in [0.25, 0.3) is 22.2 Å². The van der Waals surface area contributed by atoms with Gasteiger partial charge in [0.2, 0.25) is 0 Å². The maximum atomic E-state index is 15.0. The van der Waals surface area contributed by atoms with Crippen molar-refractivity contribution >= 4 is 33.9 Å². The average molecular weight is 431 g/mol. The van der Waals surface area contributed by atoms with Gasteiger partial charge < -0.3 is 15.0 Å². The Morgan fingerprint density at radius 3 is 2.75 bits per heavy atom. The molecular weight excluding hydrogens is 409 g/mol. The van der Waals surface area contributed by atoms with Crippen molar-refractivity contribution in [3.8, 4) is 0 Å². The quantitative estimate of drug-likeness (QED) is 0.470. The van der Waals surface area contributed by atoms with Gasteiger partial charge in [0.1, 0.15) is 29.1 Å². The van der Waals surface area contributed by atoms with Crippen LogP contribution in [0, 0.1) is 19.7 Å². The molecule has 2 N–H and O–H groups in total. The van der Waals surface area contributed by atoms with E-state index >= 15 is 0 Å². The summed E-state index contributed by atoms with van der Waals surface area (Å²) in [4.78, 5) is 28.1. The molecule has 1 aromatic carbocycles. The molecule has 0 atom stereocenters. The Morgan fingerprint density at radius 1 is 1.19 bits per heavy atom. The molecule has 0 aliphatic heterocycles. The summed E-state index contributed by atoms with van der Waals surface area (Å²) in [6, 6.07) is 8.60. The molecule has 9 heteroatoms. The zero-order chi connectivity index (χ0) is 22.6. The van der Waals surface area contributed by atoms with Crippen molar-refractivity contribution in [3.63, 3.8) is 0 Å². The van der Waals surface area contributed by atoms with E-state index in [1.165, 1.54) is 12.1 Å². The summed E-state index contributed by atoms with van der Waals surface area (Å²) in [6.07, 6.45) is 3.51. The first kappa shape index (κ1) is 19.9. The summed E-state index contributed by atoms with van der Waals surface area (Å²) >= 11 is 0. The lowest BCUT2D eigenvalue weighted by molar-refractivity contribution is 0.0746. The minimum absolute atomic E-state index is 0.0291. The number of pyridine rings is 1. The molecule has 8 nitrogen and oxygen atoms in total. The normalized spacial score (nSPS) is 11.6. The first-order valence-corrected chi connectivity index (χ1v) is 10.3. The Bertz CT molecular complexity index is 1520.